The highest BCUT2D eigenvalue weighted by Crippen LogP contribution is 2.14. The Bertz CT molecular complexity index is 565. The molecule has 0 saturated heterocycles. The van der Waals surface area contributed by atoms with E-state index in [1.807, 2.05) is 6.92 Å². The zero-order valence-electron chi connectivity index (χ0n) is 13.3. The number of hydrogen-bond donors (Lipinski definition) is 1. The molecule has 1 aromatic rings. The zero-order valence-corrected chi connectivity index (χ0v) is 14.1. The van der Waals surface area contributed by atoms with Gasteiger partial charge in [-0.25, -0.2) is 13.4 Å². The Morgan fingerprint density at radius 1 is 1.43 bits per heavy atom. The van der Waals surface area contributed by atoms with Gasteiger partial charge in [-0.3, -0.25) is 0 Å². The molecule has 0 saturated carbocycles. The van der Waals surface area contributed by atoms with E-state index in [2.05, 4.69) is 30.7 Å². The summed E-state index contributed by atoms with van der Waals surface area (Å²) in [7, 11) is -3.55. The molecule has 0 atom stereocenters. The molecule has 0 aliphatic carbocycles. The fourth-order valence-corrected chi connectivity index (χ4v) is 3.21. The van der Waals surface area contributed by atoms with Crippen LogP contribution in [0.1, 0.15) is 33.3 Å². The number of nitrogens with zero attached hydrogens (tertiary/aromatic N) is 2. The van der Waals surface area contributed by atoms with E-state index < -0.39 is 10.0 Å². The van der Waals surface area contributed by atoms with E-state index in [0.29, 0.717) is 25.7 Å². The van der Waals surface area contributed by atoms with Gasteiger partial charge in [0.2, 0.25) is 0 Å². The van der Waals surface area contributed by atoms with Crippen LogP contribution in [0.25, 0.3) is 0 Å². The molecule has 0 bridgehead atoms. The van der Waals surface area contributed by atoms with Gasteiger partial charge in [0, 0.05) is 31.9 Å². The molecule has 0 spiro atoms. The molecule has 1 aromatic heterocycles. The van der Waals surface area contributed by atoms with Gasteiger partial charge >= 0.3 is 0 Å². The average Bonchev–Trinajstić information content (AvgIpc) is 2.42. The first-order valence-corrected chi connectivity index (χ1v) is 8.54. The van der Waals surface area contributed by atoms with Crippen LogP contribution in [-0.4, -0.2) is 36.8 Å². The number of sulfonamides is 1. The largest absolute Gasteiger partial charge is 0.310 e. The average molecular weight is 311 g/mol. The molecule has 0 amide bonds. The molecule has 0 aromatic carbocycles. The predicted octanol–water partition coefficient (Wildman–Crippen LogP) is 2.17. The monoisotopic (exact) mass is 311 g/mol. The van der Waals surface area contributed by atoms with Crippen LogP contribution in [0.2, 0.25) is 0 Å². The Hall–Kier alpha value is -1.24. The third-order valence-corrected chi connectivity index (χ3v) is 4.75. The van der Waals surface area contributed by atoms with Crippen LogP contribution in [0.15, 0.2) is 35.5 Å². The molecule has 118 valence electrons. The second-order valence-corrected chi connectivity index (χ2v) is 7.31. The minimum Gasteiger partial charge on any atom is -0.310 e. The maximum Gasteiger partial charge on any atom is 0.260 e. The highest BCUT2D eigenvalue weighted by molar-refractivity contribution is 7.89. The van der Waals surface area contributed by atoms with Crippen molar-refractivity contribution < 1.29 is 8.42 Å². The van der Waals surface area contributed by atoms with E-state index in [4.69, 9.17) is 0 Å². The van der Waals surface area contributed by atoms with Crippen molar-refractivity contribution in [1.29, 1.82) is 0 Å². The first-order valence-electron chi connectivity index (χ1n) is 7.10. The second kappa shape index (κ2) is 7.68. The summed E-state index contributed by atoms with van der Waals surface area (Å²) >= 11 is 0. The van der Waals surface area contributed by atoms with Gasteiger partial charge in [0.1, 0.15) is 0 Å². The summed E-state index contributed by atoms with van der Waals surface area (Å²) in [4.78, 5) is 4.11. The van der Waals surface area contributed by atoms with Crippen molar-refractivity contribution in [2.75, 3.05) is 13.1 Å². The van der Waals surface area contributed by atoms with E-state index >= 15 is 0 Å². The Kier molecular flexibility index (Phi) is 6.51. The summed E-state index contributed by atoms with van der Waals surface area (Å²) in [5, 5.41) is 3.35. The van der Waals surface area contributed by atoms with Crippen LogP contribution >= 0.6 is 0 Å². The third kappa shape index (κ3) is 5.22. The van der Waals surface area contributed by atoms with Crippen molar-refractivity contribution >= 4 is 10.0 Å². The van der Waals surface area contributed by atoms with Crippen LogP contribution < -0.4 is 5.32 Å². The van der Waals surface area contributed by atoms with Crippen LogP contribution in [-0.2, 0) is 16.6 Å². The van der Waals surface area contributed by atoms with Gasteiger partial charge < -0.3 is 5.32 Å². The summed E-state index contributed by atoms with van der Waals surface area (Å²) in [6.07, 6.45) is 1.61. The van der Waals surface area contributed by atoms with Gasteiger partial charge in [-0.15, -0.1) is 0 Å². The molecular weight excluding hydrogens is 286 g/mol. The lowest BCUT2D eigenvalue weighted by atomic mass is 10.2. The highest BCUT2D eigenvalue weighted by atomic mass is 32.2. The van der Waals surface area contributed by atoms with Crippen molar-refractivity contribution in [1.82, 2.24) is 14.6 Å². The fourth-order valence-electron chi connectivity index (χ4n) is 1.79. The molecule has 6 heteroatoms. The maximum absolute atomic E-state index is 12.5. The van der Waals surface area contributed by atoms with E-state index in [0.717, 1.165) is 11.1 Å². The topological polar surface area (TPSA) is 62.3 Å². The van der Waals surface area contributed by atoms with Crippen molar-refractivity contribution in [3.05, 3.63) is 36.0 Å². The normalized spacial score (nSPS) is 12.1. The summed E-state index contributed by atoms with van der Waals surface area (Å²) < 4.78 is 26.3. The first-order chi connectivity index (χ1) is 9.77. The van der Waals surface area contributed by atoms with E-state index in [-0.39, 0.29) is 5.03 Å². The van der Waals surface area contributed by atoms with Gasteiger partial charge in [-0.2, -0.15) is 4.31 Å². The number of likely N-dealkylation sites (N-methyl/N-ethyl adjacent to an activating group) is 1. The minimum atomic E-state index is -3.55. The van der Waals surface area contributed by atoms with Gasteiger partial charge in [0.25, 0.3) is 10.0 Å². The fraction of sp³-hybridized carbons (Fsp3) is 0.533. The first kappa shape index (κ1) is 17.8. The van der Waals surface area contributed by atoms with Gasteiger partial charge in [0.15, 0.2) is 5.03 Å². The smallest absolute Gasteiger partial charge is 0.260 e. The lowest BCUT2D eigenvalue weighted by Gasteiger charge is -2.20. The zero-order chi connectivity index (χ0) is 16.0. The van der Waals surface area contributed by atoms with Crippen molar-refractivity contribution in [2.45, 2.75) is 45.3 Å². The van der Waals surface area contributed by atoms with E-state index in [1.54, 1.807) is 25.3 Å². The quantitative estimate of drug-likeness (QED) is 0.747. The number of pyridine rings is 1. The molecule has 0 aliphatic heterocycles. The second-order valence-electron chi connectivity index (χ2n) is 5.43. The molecule has 0 fully saturated rings. The Balaban J connectivity index is 2.90. The molecule has 0 aliphatic rings. The summed E-state index contributed by atoms with van der Waals surface area (Å²) in [6.45, 7) is 12.9. The number of nitrogens with one attached hydrogen (secondary N) is 1. The summed E-state index contributed by atoms with van der Waals surface area (Å²) in [6, 6.07) is 3.73. The molecule has 1 rings (SSSR count). The Morgan fingerprint density at radius 3 is 2.52 bits per heavy atom. The molecule has 21 heavy (non-hydrogen) atoms. The predicted molar refractivity (Wildman–Crippen MR) is 85.5 cm³/mol. The lowest BCUT2D eigenvalue weighted by Crippen LogP contribution is -2.32. The summed E-state index contributed by atoms with van der Waals surface area (Å²) in [5.41, 5.74) is 1.77. The molecule has 0 unspecified atom stereocenters. The number of rotatable bonds is 8. The van der Waals surface area contributed by atoms with Crippen LogP contribution in [0.3, 0.4) is 0 Å². The SMILES string of the molecule is C=C(C)CN(CC)S(=O)(=O)c1ccc(CNC(C)C)cn1. The highest BCUT2D eigenvalue weighted by Gasteiger charge is 2.24. The lowest BCUT2D eigenvalue weighted by molar-refractivity contribution is 0.450. The van der Waals surface area contributed by atoms with E-state index in [9.17, 15) is 8.42 Å². The minimum absolute atomic E-state index is 0.0823. The Morgan fingerprint density at radius 2 is 2.10 bits per heavy atom. The van der Waals surface area contributed by atoms with Crippen molar-refractivity contribution in [3.63, 3.8) is 0 Å². The van der Waals surface area contributed by atoms with Crippen molar-refractivity contribution in [3.8, 4) is 0 Å². The molecular formula is C15H25N3O2S. The standard InChI is InChI=1S/C15H25N3O2S/c1-6-18(11-12(2)3)21(19,20)15-8-7-14(10-17-15)9-16-13(4)5/h7-8,10,13,16H,2,6,9,11H2,1,3-5H3. The summed E-state index contributed by atoms with van der Waals surface area (Å²) in [5.74, 6) is 0. The molecule has 0 radical (unpaired) electrons. The molecule has 1 heterocycles. The molecule has 1 N–H and O–H groups in total. The van der Waals surface area contributed by atoms with Crippen molar-refractivity contribution in [2.24, 2.45) is 0 Å². The van der Waals surface area contributed by atoms with Crippen LogP contribution in [0.4, 0.5) is 0 Å². The number of aromatic nitrogens is 1. The number of hydrogen-bond acceptors (Lipinski definition) is 4. The van der Waals surface area contributed by atoms with Gasteiger partial charge in [0.05, 0.1) is 0 Å². The van der Waals surface area contributed by atoms with Crippen LogP contribution in [0.5, 0.6) is 0 Å². The van der Waals surface area contributed by atoms with Gasteiger partial charge in [-0.05, 0) is 18.6 Å². The van der Waals surface area contributed by atoms with Crippen LogP contribution in [0, 0.1) is 0 Å². The van der Waals surface area contributed by atoms with Gasteiger partial charge in [-0.1, -0.05) is 39.0 Å². The Labute approximate surface area is 128 Å². The van der Waals surface area contributed by atoms with E-state index in [1.165, 1.54) is 4.31 Å². The maximum atomic E-state index is 12.5. The molecule has 5 nitrogen and oxygen atoms in total. The third-order valence-electron chi connectivity index (χ3n) is 2.92.